The molecule has 1 aliphatic rings. The number of aryl methyl sites for hydroxylation is 2. The SMILES string of the molecule is CCCc1sc(C(=O)N(CC)CC(=O)Nc2ccc3c(c2)OCCO3)cc1CC. The van der Waals surface area contributed by atoms with Gasteiger partial charge in [-0.1, -0.05) is 20.3 Å². The first kappa shape index (κ1) is 21.2. The van der Waals surface area contributed by atoms with E-state index in [4.69, 9.17) is 9.47 Å². The van der Waals surface area contributed by atoms with Gasteiger partial charge in [-0.3, -0.25) is 9.59 Å². The van der Waals surface area contributed by atoms with Gasteiger partial charge in [-0.2, -0.15) is 0 Å². The minimum absolute atomic E-state index is 0.00620. The van der Waals surface area contributed by atoms with Gasteiger partial charge < -0.3 is 19.7 Å². The standard InChI is InChI=1S/C22H28N2O4S/c1-4-7-19-15(5-2)12-20(29-19)22(26)24(6-3)14-21(25)23-16-8-9-17-18(13-16)28-11-10-27-17/h8-9,12-13H,4-7,10-11,14H2,1-3H3,(H,23,25). The molecule has 0 bridgehead atoms. The molecular formula is C22H28N2O4S. The van der Waals surface area contributed by atoms with Crippen LogP contribution in [-0.2, 0) is 17.6 Å². The molecule has 2 amide bonds. The van der Waals surface area contributed by atoms with Crippen molar-refractivity contribution in [1.29, 1.82) is 0 Å². The fraction of sp³-hybridized carbons (Fsp3) is 0.455. The highest BCUT2D eigenvalue weighted by Gasteiger charge is 2.21. The molecule has 2 heterocycles. The number of benzene rings is 1. The van der Waals surface area contributed by atoms with Gasteiger partial charge in [0.05, 0.1) is 4.88 Å². The van der Waals surface area contributed by atoms with Crippen molar-refractivity contribution in [2.75, 3.05) is 31.6 Å². The number of ether oxygens (including phenoxy) is 2. The smallest absolute Gasteiger partial charge is 0.264 e. The summed E-state index contributed by atoms with van der Waals surface area (Å²) >= 11 is 1.55. The summed E-state index contributed by atoms with van der Waals surface area (Å²) in [5, 5.41) is 2.85. The summed E-state index contributed by atoms with van der Waals surface area (Å²) in [5.41, 5.74) is 1.86. The van der Waals surface area contributed by atoms with E-state index < -0.39 is 0 Å². The van der Waals surface area contributed by atoms with Crippen molar-refractivity contribution in [3.05, 3.63) is 39.6 Å². The van der Waals surface area contributed by atoms with Crippen LogP contribution in [0.15, 0.2) is 24.3 Å². The van der Waals surface area contributed by atoms with Crippen molar-refractivity contribution in [3.8, 4) is 11.5 Å². The maximum Gasteiger partial charge on any atom is 0.264 e. The zero-order valence-corrected chi connectivity index (χ0v) is 18.1. The Kier molecular flexibility index (Phi) is 7.14. The zero-order valence-electron chi connectivity index (χ0n) is 17.2. The quantitative estimate of drug-likeness (QED) is 0.702. The van der Waals surface area contributed by atoms with Crippen LogP contribution in [-0.4, -0.2) is 43.0 Å². The Labute approximate surface area is 175 Å². The average molecular weight is 417 g/mol. The van der Waals surface area contributed by atoms with Gasteiger partial charge in [-0.25, -0.2) is 0 Å². The van der Waals surface area contributed by atoms with Crippen LogP contribution in [0.2, 0.25) is 0 Å². The molecule has 0 atom stereocenters. The van der Waals surface area contributed by atoms with Crippen LogP contribution < -0.4 is 14.8 Å². The van der Waals surface area contributed by atoms with Crippen LogP contribution in [0.3, 0.4) is 0 Å². The summed E-state index contributed by atoms with van der Waals surface area (Å²) < 4.78 is 11.0. The normalized spacial score (nSPS) is 12.5. The molecule has 0 saturated heterocycles. The summed E-state index contributed by atoms with van der Waals surface area (Å²) in [7, 11) is 0. The van der Waals surface area contributed by atoms with E-state index in [0.717, 1.165) is 19.3 Å². The Hall–Kier alpha value is -2.54. The first-order valence-corrected chi connectivity index (χ1v) is 11.0. The number of thiophene rings is 1. The minimum atomic E-state index is -0.238. The van der Waals surface area contributed by atoms with Crippen LogP contribution >= 0.6 is 11.3 Å². The Balaban J connectivity index is 1.66. The largest absolute Gasteiger partial charge is 0.486 e. The second-order valence-corrected chi connectivity index (χ2v) is 8.03. The lowest BCUT2D eigenvalue weighted by Gasteiger charge is -2.21. The van der Waals surface area contributed by atoms with Gasteiger partial charge in [-0.15, -0.1) is 11.3 Å². The third-order valence-corrected chi connectivity index (χ3v) is 6.02. The third kappa shape index (κ3) is 5.09. The van der Waals surface area contributed by atoms with Gasteiger partial charge in [0.15, 0.2) is 11.5 Å². The average Bonchev–Trinajstić information content (AvgIpc) is 3.14. The molecule has 0 unspecified atom stereocenters. The number of fused-ring (bicyclic) bond motifs is 1. The molecule has 0 aliphatic carbocycles. The summed E-state index contributed by atoms with van der Waals surface area (Å²) in [6, 6.07) is 7.28. The number of amides is 2. The topological polar surface area (TPSA) is 67.9 Å². The van der Waals surface area contributed by atoms with Crippen molar-refractivity contribution < 1.29 is 19.1 Å². The van der Waals surface area contributed by atoms with E-state index in [1.807, 2.05) is 13.0 Å². The van der Waals surface area contributed by atoms with Crippen LogP contribution in [0.4, 0.5) is 5.69 Å². The molecule has 1 aromatic carbocycles. The van der Waals surface area contributed by atoms with Crippen molar-refractivity contribution in [1.82, 2.24) is 4.90 Å². The number of carbonyl (C=O) groups is 2. The Morgan fingerprint density at radius 2 is 1.86 bits per heavy atom. The number of nitrogens with zero attached hydrogens (tertiary/aromatic N) is 1. The van der Waals surface area contributed by atoms with E-state index in [-0.39, 0.29) is 18.4 Å². The molecule has 3 rings (SSSR count). The Bertz CT molecular complexity index is 878. The van der Waals surface area contributed by atoms with Crippen LogP contribution in [0.5, 0.6) is 11.5 Å². The monoisotopic (exact) mass is 416 g/mol. The van der Waals surface area contributed by atoms with Crippen LogP contribution in [0, 0.1) is 0 Å². The number of hydrogen-bond donors (Lipinski definition) is 1. The highest BCUT2D eigenvalue weighted by atomic mass is 32.1. The summed E-state index contributed by atoms with van der Waals surface area (Å²) in [6.07, 6.45) is 2.95. The lowest BCUT2D eigenvalue weighted by molar-refractivity contribution is -0.116. The molecule has 0 radical (unpaired) electrons. The number of anilines is 1. The van der Waals surface area contributed by atoms with E-state index >= 15 is 0 Å². The lowest BCUT2D eigenvalue weighted by Crippen LogP contribution is -2.37. The lowest BCUT2D eigenvalue weighted by atomic mass is 10.1. The van der Waals surface area contributed by atoms with Crippen LogP contribution in [0.1, 0.15) is 47.3 Å². The zero-order chi connectivity index (χ0) is 20.8. The maximum absolute atomic E-state index is 13.0. The number of hydrogen-bond acceptors (Lipinski definition) is 5. The first-order valence-electron chi connectivity index (χ1n) is 10.2. The third-order valence-electron chi connectivity index (χ3n) is 4.79. The Morgan fingerprint density at radius 3 is 2.55 bits per heavy atom. The maximum atomic E-state index is 13.0. The molecule has 6 nitrogen and oxygen atoms in total. The second-order valence-electron chi connectivity index (χ2n) is 6.89. The summed E-state index contributed by atoms with van der Waals surface area (Å²) in [4.78, 5) is 29.1. The molecule has 2 aromatic rings. The number of rotatable bonds is 8. The Morgan fingerprint density at radius 1 is 1.10 bits per heavy atom. The molecule has 1 aromatic heterocycles. The van der Waals surface area contributed by atoms with E-state index in [1.54, 1.807) is 34.4 Å². The van der Waals surface area contributed by atoms with Gasteiger partial charge >= 0.3 is 0 Å². The number of carbonyl (C=O) groups excluding carboxylic acids is 2. The fourth-order valence-corrected chi connectivity index (χ4v) is 4.61. The summed E-state index contributed by atoms with van der Waals surface area (Å²) in [5.74, 6) is 0.961. The predicted molar refractivity (Wildman–Crippen MR) is 115 cm³/mol. The molecule has 29 heavy (non-hydrogen) atoms. The van der Waals surface area contributed by atoms with E-state index in [0.29, 0.717) is 41.8 Å². The van der Waals surface area contributed by atoms with Gasteiger partial charge in [0.25, 0.3) is 5.91 Å². The molecule has 1 N–H and O–H groups in total. The molecular weight excluding hydrogens is 388 g/mol. The van der Waals surface area contributed by atoms with E-state index in [1.165, 1.54) is 10.4 Å². The molecule has 156 valence electrons. The fourth-order valence-electron chi connectivity index (χ4n) is 3.29. The van der Waals surface area contributed by atoms with E-state index in [9.17, 15) is 9.59 Å². The van der Waals surface area contributed by atoms with Crippen molar-refractivity contribution in [2.45, 2.75) is 40.0 Å². The molecule has 0 spiro atoms. The van der Waals surface area contributed by atoms with E-state index in [2.05, 4.69) is 19.2 Å². The predicted octanol–water partition coefficient (Wildman–Crippen LogP) is 4.14. The second kappa shape index (κ2) is 9.78. The number of likely N-dealkylation sites (N-methyl/N-ethyl adjacent to an activating group) is 1. The minimum Gasteiger partial charge on any atom is -0.486 e. The van der Waals surface area contributed by atoms with Gasteiger partial charge in [-0.05, 0) is 43.5 Å². The number of nitrogens with one attached hydrogen (secondary N) is 1. The van der Waals surface area contributed by atoms with Gasteiger partial charge in [0.2, 0.25) is 5.91 Å². The molecule has 0 saturated carbocycles. The van der Waals surface area contributed by atoms with Crippen molar-refractivity contribution in [3.63, 3.8) is 0 Å². The van der Waals surface area contributed by atoms with Gasteiger partial charge in [0, 0.05) is 23.2 Å². The highest BCUT2D eigenvalue weighted by Crippen LogP contribution is 2.32. The van der Waals surface area contributed by atoms with Crippen molar-refractivity contribution in [2.24, 2.45) is 0 Å². The van der Waals surface area contributed by atoms with Crippen molar-refractivity contribution >= 4 is 28.8 Å². The molecule has 1 aliphatic heterocycles. The molecule has 0 fully saturated rings. The first-order chi connectivity index (χ1) is 14.0. The highest BCUT2D eigenvalue weighted by molar-refractivity contribution is 7.14. The summed E-state index contributed by atoms with van der Waals surface area (Å²) in [6.45, 7) is 7.62. The molecule has 7 heteroatoms. The van der Waals surface area contributed by atoms with Crippen LogP contribution in [0.25, 0.3) is 0 Å². The van der Waals surface area contributed by atoms with Gasteiger partial charge in [0.1, 0.15) is 19.8 Å².